The standard InChI is InChI=1S/C28H31N3O3S/c1-2-20(12-6-3-7-13-21-14-8-4-9-15-21)18-31-19-23(27(33)34)24(32)25-26(31)30-28(35-25)29-22-16-10-5-11-17-22/h3-4,6,8-9,12,14-15,18-19,22H,2,5,7,10-11,13,16-17H2,1H3,(H-,29,30,32,33,34)/p+1. The van der Waals surface area contributed by atoms with Crippen molar-refractivity contribution in [2.45, 2.75) is 69.2 Å². The van der Waals surface area contributed by atoms with Crippen LogP contribution in [0.3, 0.4) is 0 Å². The molecule has 0 bridgehead atoms. The molecule has 0 amide bonds. The highest BCUT2D eigenvalue weighted by atomic mass is 32.2. The molecule has 1 fully saturated rings. The van der Waals surface area contributed by atoms with Gasteiger partial charge in [0, 0.05) is 0 Å². The van der Waals surface area contributed by atoms with Crippen molar-refractivity contribution in [3.8, 4) is 5.75 Å². The molecule has 1 aliphatic heterocycles. The Morgan fingerprint density at radius 1 is 1.23 bits per heavy atom. The van der Waals surface area contributed by atoms with Gasteiger partial charge in [0.15, 0.2) is 10.6 Å². The highest BCUT2D eigenvalue weighted by Gasteiger charge is 2.31. The minimum absolute atomic E-state index is 0.143. The zero-order chi connectivity index (χ0) is 24.6. The number of pyridine rings is 1. The van der Waals surface area contributed by atoms with E-state index in [1.165, 1.54) is 42.8 Å². The first kappa shape index (κ1) is 24.9. The smallest absolute Gasteiger partial charge is 0.349 e. The predicted molar refractivity (Wildman–Crippen MR) is 139 cm³/mol. The van der Waals surface area contributed by atoms with Crippen LogP contribution in [0.25, 0.3) is 0 Å². The molecule has 7 heteroatoms. The summed E-state index contributed by atoms with van der Waals surface area (Å²) >= 11 is 1.25. The first-order valence-corrected chi connectivity index (χ1v) is 13.1. The van der Waals surface area contributed by atoms with Crippen LogP contribution in [0.15, 0.2) is 75.2 Å². The number of aromatic hydroxyl groups is 1. The fourth-order valence-electron chi connectivity index (χ4n) is 4.30. The van der Waals surface area contributed by atoms with Crippen LogP contribution in [0, 0.1) is 6.21 Å². The number of rotatable bonds is 8. The lowest BCUT2D eigenvalue weighted by molar-refractivity contribution is -0.529. The van der Waals surface area contributed by atoms with E-state index in [4.69, 9.17) is 4.99 Å². The topological polar surface area (TPSA) is 88.2 Å². The van der Waals surface area contributed by atoms with Gasteiger partial charge in [-0.15, -0.1) is 0 Å². The Balaban J connectivity index is 1.63. The van der Waals surface area contributed by atoms with Gasteiger partial charge in [-0.25, -0.2) is 14.0 Å². The van der Waals surface area contributed by atoms with Gasteiger partial charge in [-0.05, 0) is 60.0 Å². The average molecular weight is 491 g/mol. The van der Waals surface area contributed by atoms with E-state index >= 15 is 0 Å². The van der Waals surface area contributed by atoms with Crippen LogP contribution >= 0.6 is 11.8 Å². The summed E-state index contributed by atoms with van der Waals surface area (Å²) in [5.74, 6) is -1.42. The van der Waals surface area contributed by atoms with E-state index in [2.05, 4.69) is 42.3 Å². The maximum atomic E-state index is 11.8. The molecule has 1 aromatic heterocycles. The summed E-state index contributed by atoms with van der Waals surface area (Å²) in [7, 11) is 0. The van der Waals surface area contributed by atoms with Gasteiger partial charge in [0.1, 0.15) is 11.8 Å². The second-order valence-corrected chi connectivity index (χ2v) is 9.83. The molecule has 182 valence electrons. The van der Waals surface area contributed by atoms with Crippen molar-refractivity contribution in [2.24, 2.45) is 9.98 Å². The van der Waals surface area contributed by atoms with Gasteiger partial charge in [-0.1, -0.05) is 74.7 Å². The van der Waals surface area contributed by atoms with Gasteiger partial charge in [-0.3, -0.25) is 0 Å². The Morgan fingerprint density at radius 3 is 2.71 bits per heavy atom. The number of fused-ring (bicyclic) bond motifs is 1. The number of nitrogens with zero attached hydrogens (tertiary/aromatic N) is 3. The van der Waals surface area contributed by atoms with Crippen molar-refractivity contribution in [2.75, 3.05) is 0 Å². The van der Waals surface area contributed by atoms with E-state index in [9.17, 15) is 15.0 Å². The van der Waals surface area contributed by atoms with E-state index in [1.807, 2.05) is 24.4 Å². The minimum Gasteiger partial charge on any atom is -0.505 e. The Bertz CT molecular complexity index is 1280. The molecule has 2 aromatic rings. The van der Waals surface area contributed by atoms with Crippen LogP contribution < -0.4 is 9.73 Å². The van der Waals surface area contributed by atoms with Crippen molar-refractivity contribution in [3.05, 3.63) is 83.2 Å². The number of carboxylic acid groups (broad SMARTS) is 1. The molecule has 1 aliphatic carbocycles. The predicted octanol–water partition coefficient (Wildman–Crippen LogP) is 5.33. The zero-order valence-electron chi connectivity index (χ0n) is 20.1. The van der Waals surface area contributed by atoms with Gasteiger partial charge in [0.2, 0.25) is 0 Å². The molecular weight excluding hydrogens is 458 g/mol. The maximum Gasteiger partial charge on any atom is 0.349 e. The largest absolute Gasteiger partial charge is 0.505 e. The van der Waals surface area contributed by atoms with Gasteiger partial charge in [0.25, 0.3) is 0 Å². The molecule has 2 aliphatic rings. The molecule has 0 spiro atoms. The van der Waals surface area contributed by atoms with Crippen LogP contribution in [0.4, 0.5) is 0 Å². The molecule has 6 nitrogen and oxygen atoms in total. The summed E-state index contributed by atoms with van der Waals surface area (Å²) < 4.78 is 1.71. The Kier molecular flexibility index (Phi) is 8.53. The van der Waals surface area contributed by atoms with Crippen LogP contribution in [0.2, 0.25) is 0 Å². The Labute approximate surface area is 210 Å². The minimum atomic E-state index is -1.17. The maximum absolute atomic E-state index is 11.8. The van der Waals surface area contributed by atoms with E-state index in [1.54, 1.807) is 4.24 Å². The monoisotopic (exact) mass is 490 g/mol. The molecule has 35 heavy (non-hydrogen) atoms. The number of hydrogen-bond donors (Lipinski definition) is 2. The number of thioether (sulfide) groups is 1. The summed E-state index contributed by atoms with van der Waals surface area (Å²) in [4.78, 5) is 21.7. The quantitative estimate of drug-likeness (QED) is 0.387. The number of carboxylic acids is 1. The van der Waals surface area contributed by atoms with Crippen molar-refractivity contribution < 1.29 is 19.3 Å². The second kappa shape index (κ2) is 12.0. The summed E-state index contributed by atoms with van der Waals surface area (Å²) in [6.45, 7) is 2.06. The lowest BCUT2D eigenvalue weighted by Crippen LogP contribution is -2.39. The van der Waals surface area contributed by atoms with E-state index in [0.29, 0.717) is 15.6 Å². The number of hydrogen-bond acceptors (Lipinski definition) is 4. The van der Waals surface area contributed by atoms with E-state index in [0.717, 1.165) is 37.7 Å². The highest BCUT2D eigenvalue weighted by molar-refractivity contribution is 8.14. The van der Waals surface area contributed by atoms with Crippen molar-refractivity contribution >= 4 is 22.9 Å². The van der Waals surface area contributed by atoms with Crippen LogP contribution in [0.5, 0.6) is 5.75 Å². The van der Waals surface area contributed by atoms with Gasteiger partial charge in [-0.2, -0.15) is 0 Å². The molecule has 1 aromatic carbocycles. The average Bonchev–Trinajstić information content (AvgIpc) is 3.30. The first-order valence-electron chi connectivity index (χ1n) is 12.3. The SMILES string of the molecule is CCC(=CC=CCCc1ccccc1)C=[n+]1cc(C(=O)O)c(O)c2c1=NC(=NC1CCCCC1)S2. The lowest BCUT2D eigenvalue weighted by atomic mass is 9.96. The van der Waals surface area contributed by atoms with E-state index < -0.39 is 5.97 Å². The second-order valence-electron chi connectivity index (χ2n) is 8.85. The molecule has 4 rings (SSSR count). The molecule has 0 saturated heterocycles. The van der Waals surface area contributed by atoms with Crippen LogP contribution in [-0.2, 0) is 6.42 Å². The summed E-state index contributed by atoms with van der Waals surface area (Å²) in [5, 5.41) is 20.9. The Morgan fingerprint density at radius 2 is 2.00 bits per heavy atom. The van der Waals surface area contributed by atoms with Crippen LogP contribution in [0.1, 0.15) is 67.8 Å². The van der Waals surface area contributed by atoms with Gasteiger partial charge >= 0.3 is 16.6 Å². The number of aryl methyl sites for hydroxylation is 1. The van der Waals surface area contributed by atoms with Crippen molar-refractivity contribution in [3.63, 3.8) is 0 Å². The van der Waals surface area contributed by atoms with Crippen molar-refractivity contribution in [1.29, 1.82) is 0 Å². The summed E-state index contributed by atoms with van der Waals surface area (Å²) in [6.07, 6.45) is 17.9. The number of aliphatic imine (C=N–C) groups is 1. The molecular formula is C28H32N3O3S+. The fourth-order valence-corrected chi connectivity index (χ4v) is 5.27. The number of aromatic carboxylic acids is 1. The Hall–Kier alpha value is -3.19. The molecule has 2 heterocycles. The molecule has 2 N–H and O–H groups in total. The lowest BCUT2D eigenvalue weighted by Gasteiger charge is -2.16. The highest BCUT2D eigenvalue weighted by Crippen LogP contribution is 2.32. The number of benzene rings is 1. The third kappa shape index (κ3) is 6.48. The number of amidine groups is 1. The van der Waals surface area contributed by atoms with Gasteiger partial charge < -0.3 is 10.2 Å². The third-order valence-electron chi connectivity index (χ3n) is 6.28. The normalized spacial score (nSPS) is 18.3. The number of carbonyl (C=O) groups is 1. The third-order valence-corrected chi connectivity index (χ3v) is 7.24. The molecule has 0 unspecified atom stereocenters. The van der Waals surface area contributed by atoms with E-state index in [-0.39, 0.29) is 17.4 Å². The molecule has 0 atom stereocenters. The first-order chi connectivity index (χ1) is 17.0. The number of aromatic nitrogens is 1. The molecule has 0 radical (unpaired) electrons. The summed E-state index contributed by atoms with van der Waals surface area (Å²) in [5.41, 5.74) is 2.72. The fraction of sp³-hybridized carbons (Fsp3) is 0.357. The van der Waals surface area contributed by atoms with Crippen LogP contribution in [-0.4, -0.2) is 27.4 Å². The number of allylic oxidation sites excluding steroid dienone is 4. The van der Waals surface area contributed by atoms with Gasteiger partial charge in [0.05, 0.1) is 12.3 Å². The summed E-state index contributed by atoms with van der Waals surface area (Å²) in [6, 6.07) is 10.6. The van der Waals surface area contributed by atoms with Crippen molar-refractivity contribution in [1.82, 2.24) is 0 Å². The molecule has 1 saturated carbocycles. The zero-order valence-corrected chi connectivity index (χ0v) is 20.9.